The summed E-state index contributed by atoms with van der Waals surface area (Å²) in [7, 11) is 1.46. The number of benzene rings is 1. The first-order chi connectivity index (χ1) is 14.5. The van der Waals surface area contributed by atoms with Crippen LogP contribution in [0.2, 0.25) is 5.02 Å². The van der Waals surface area contributed by atoms with Crippen molar-refractivity contribution in [1.82, 2.24) is 20.3 Å². The number of amides is 1. The van der Waals surface area contributed by atoms with Crippen LogP contribution in [0.4, 0.5) is 10.1 Å². The maximum Gasteiger partial charge on any atom is 0.260 e. The highest BCUT2D eigenvalue weighted by molar-refractivity contribution is 6.34. The van der Waals surface area contributed by atoms with E-state index in [1.54, 1.807) is 19.1 Å². The number of carbonyl (C=O) groups excluding carboxylic acids is 1. The first kappa shape index (κ1) is 19.6. The van der Waals surface area contributed by atoms with E-state index in [9.17, 15) is 9.18 Å². The van der Waals surface area contributed by atoms with Gasteiger partial charge in [-0.25, -0.2) is 9.37 Å². The molecule has 3 aromatic heterocycles. The van der Waals surface area contributed by atoms with Crippen LogP contribution >= 0.6 is 11.6 Å². The Bertz CT molecular complexity index is 1240. The van der Waals surface area contributed by atoms with Gasteiger partial charge in [0.1, 0.15) is 18.1 Å². The van der Waals surface area contributed by atoms with Crippen molar-refractivity contribution >= 4 is 34.2 Å². The summed E-state index contributed by atoms with van der Waals surface area (Å²) in [6.45, 7) is 1.70. The molecule has 30 heavy (non-hydrogen) atoms. The minimum absolute atomic E-state index is 0.0299. The number of pyridine rings is 1. The maximum atomic E-state index is 15.0. The lowest BCUT2D eigenvalue weighted by Crippen LogP contribution is -2.15. The number of aromatic amines is 1. The van der Waals surface area contributed by atoms with E-state index in [0.717, 1.165) is 0 Å². The Kier molecular flexibility index (Phi) is 5.23. The van der Waals surface area contributed by atoms with Crippen molar-refractivity contribution in [2.75, 3.05) is 12.4 Å². The number of H-pyrrole nitrogens is 1. The smallest absolute Gasteiger partial charge is 0.260 e. The van der Waals surface area contributed by atoms with Gasteiger partial charge in [-0.1, -0.05) is 16.8 Å². The molecule has 0 bridgehead atoms. The van der Waals surface area contributed by atoms with Crippen molar-refractivity contribution in [2.45, 2.75) is 13.5 Å². The highest BCUT2D eigenvalue weighted by Crippen LogP contribution is 2.29. The Balaban J connectivity index is 1.57. The zero-order valence-electron chi connectivity index (χ0n) is 15.8. The predicted molar refractivity (Wildman–Crippen MR) is 105 cm³/mol. The molecule has 1 amide bonds. The lowest BCUT2D eigenvalue weighted by molar-refractivity contribution is 0.102. The molecule has 4 rings (SSSR count). The number of fused-ring (bicyclic) bond motifs is 1. The van der Waals surface area contributed by atoms with Crippen LogP contribution in [0.3, 0.4) is 0 Å². The maximum absolute atomic E-state index is 15.0. The van der Waals surface area contributed by atoms with Crippen LogP contribution in [-0.2, 0) is 6.61 Å². The Morgan fingerprint density at radius 3 is 2.93 bits per heavy atom. The minimum Gasteiger partial charge on any atom is -0.484 e. The molecule has 1 aromatic carbocycles. The second-order valence-corrected chi connectivity index (χ2v) is 6.67. The fraction of sp³-hybridized carbons (Fsp3) is 0.158. The molecule has 154 valence electrons. The number of hydrogen-bond donors (Lipinski definition) is 2. The van der Waals surface area contributed by atoms with Gasteiger partial charge in [0.15, 0.2) is 17.2 Å². The zero-order chi connectivity index (χ0) is 21.3. The molecular weight excluding hydrogens is 417 g/mol. The van der Waals surface area contributed by atoms with Crippen LogP contribution in [0.1, 0.15) is 21.8 Å². The van der Waals surface area contributed by atoms with Gasteiger partial charge in [-0.05, 0) is 25.1 Å². The predicted octanol–water partition coefficient (Wildman–Crippen LogP) is 3.89. The molecule has 11 heteroatoms. The molecular formula is C19H15ClFN5O4. The van der Waals surface area contributed by atoms with E-state index in [0.29, 0.717) is 34.1 Å². The third-order valence-corrected chi connectivity index (χ3v) is 4.48. The van der Waals surface area contributed by atoms with Gasteiger partial charge in [0, 0.05) is 6.07 Å². The SMILES string of the molecule is COc1n[nH]c2ncc(NC(=O)c3c(Cl)ccc(OCc4cc(C)on4)c3F)cc12. The molecule has 0 radical (unpaired) electrons. The number of aromatic nitrogens is 4. The molecule has 0 saturated carbocycles. The summed E-state index contributed by atoms with van der Waals surface area (Å²) in [6.07, 6.45) is 1.40. The average molecular weight is 432 g/mol. The summed E-state index contributed by atoms with van der Waals surface area (Å²) in [6, 6.07) is 5.98. The number of hydrogen-bond acceptors (Lipinski definition) is 7. The quantitative estimate of drug-likeness (QED) is 0.476. The highest BCUT2D eigenvalue weighted by Gasteiger charge is 2.21. The standard InChI is InChI=1S/C19H15ClFN5O4/c1-9-5-11(26-30-9)8-29-14-4-3-13(20)15(16(14)21)18(27)23-10-6-12-17(22-7-10)24-25-19(12)28-2/h3-7H,8H2,1-2H3,(H,23,27)(H,22,24,25). The zero-order valence-corrected chi connectivity index (χ0v) is 16.6. The van der Waals surface area contributed by atoms with Gasteiger partial charge >= 0.3 is 0 Å². The first-order valence-corrected chi connectivity index (χ1v) is 9.06. The fourth-order valence-electron chi connectivity index (χ4n) is 2.79. The van der Waals surface area contributed by atoms with Gasteiger partial charge in [0.25, 0.3) is 5.91 Å². The third-order valence-electron chi connectivity index (χ3n) is 4.17. The first-order valence-electron chi connectivity index (χ1n) is 8.68. The highest BCUT2D eigenvalue weighted by atomic mass is 35.5. The Morgan fingerprint density at radius 1 is 1.37 bits per heavy atom. The summed E-state index contributed by atoms with van der Waals surface area (Å²) >= 11 is 6.07. The topological polar surface area (TPSA) is 115 Å². The number of nitrogens with zero attached hydrogens (tertiary/aromatic N) is 3. The molecule has 4 aromatic rings. The molecule has 3 heterocycles. The van der Waals surface area contributed by atoms with Gasteiger partial charge in [0.05, 0.1) is 35.0 Å². The largest absolute Gasteiger partial charge is 0.484 e. The summed E-state index contributed by atoms with van der Waals surface area (Å²) in [4.78, 5) is 16.9. The second kappa shape index (κ2) is 7.99. The fourth-order valence-corrected chi connectivity index (χ4v) is 3.02. The summed E-state index contributed by atoms with van der Waals surface area (Å²) in [5.74, 6) is -0.879. The molecule has 0 aliphatic carbocycles. The molecule has 0 fully saturated rings. The third kappa shape index (κ3) is 3.77. The molecule has 0 atom stereocenters. The molecule has 0 aliphatic rings. The van der Waals surface area contributed by atoms with Crippen LogP contribution in [-0.4, -0.2) is 33.4 Å². The molecule has 0 unspecified atom stereocenters. The van der Waals surface area contributed by atoms with Crippen molar-refractivity contribution in [3.8, 4) is 11.6 Å². The van der Waals surface area contributed by atoms with E-state index in [-0.39, 0.29) is 22.9 Å². The minimum atomic E-state index is -0.893. The number of rotatable bonds is 6. The van der Waals surface area contributed by atoms with Gasteiger partial charge in [-0.15, -0.1) is 5.10 Å². The number of methoxy groups -OCH3 is 1. The Labute approximate surface area is 174 Å². The number of nitrogens with one attached hydrogen (secondary N) is 2. The Hall–Kier alpha value is -3.66. The normalized spacial score (nSPS) is 10.9. The van der Waals surface area contributed by atoms with E-state index in [1.807, 2.05) is 0 Å². The van der Waals surface area contributed by atoms with Gasteiger partial charge in [0.2, 0.25) is 5.88 Å². The van der Waals surface area contributed by atoms with E-state index < -0.39 is 11.7 Å². The van der Waals surface area contributed by atoms with Crippen molar-refractivity contribution in [3.63, 3.8) is 0 Å². The number of halogens is 2. The van der Waals surface area contributed by atoms with Crippen molar-refractivity contribution in [2.24, 2.45) is 0 Å². The lowest BCUT2D eigenvalue weighted by Gasteiger charge is -2.11. The number of aryl methyl sites for hydroxylation is 1. The van der Waals surface area contributed by atoms with Crippen molar-refractivity contribution < 1.29 is 23.2 Å². The Morgan fingerprint density at radius 2 is 2.20 bits per heavy atom. The molecule has 0 spiro atoms. The number of carbonyl (C=O) groups is 1. The van der Waals surface area contributed by atoms with E-state index in [1.165, 1.54) is 25.4 Å². The monoisotopic (exact) mass is 431 g/mol. The molecule has 0 saturated heterocycles. The lowest BCUT2D eigenvalue weighted by atomic mass is 10.1. The van der Waals surface area contributed by atoms with E-state index in [2.05, 4.69) is 25.7 Å². The van der Waals surface area contributed by atoms with Crippen LogP contribution < -0.4 is 14.8 Å². The van der Waals surface area contributed by atoms with Gasteiger partial charge < -0.3 is 19.3 Å². The summed E-state index contributed by atoms with van der Waals surface area (Å²) < 4.78 is 30.5. The van der Waals surface area contributed by atoms with Crippen LogP contribution in [0.5, 0.6) is 11.6 Å². The summed E-state index contributed by atoms with van der Waals surface area (Å²) in [5, 5.41) is 13.5. The molecule has 2 N–H and O–H groups in total. The number of ether oxygens (including phenoxy) is 2. The van der Waals surface area contributed by atoms with E-state index in [4.69, 9.17) is 25.6 Å². The average Bonchev–Trinajstić information content (AvgIpc) is 3.32. The van der Waals surface area contributed by atoms with Crippen LogP contribution in [0, 0.1) is 12.7 Å². The van der Waals surface area contributed by atoms with Gasteiger partial charge in [-0.3, -0.25) is 9.89 Å². The summed E-state index contributed by atoms with van der Waals surface area (Å²) in [5.41, 5.74) is 0.922. The molecule has 0 aliphatic heterocycles. The number of anilines is 1. The van der Waals surface area contributed by atoms with E-state index >= 15 is 0 Å². The van der Waals surface area contributed by atoms with Crippen LogP contribution in [0.25, 0.3) is 11.0 Å². The molecule has 9 nitrogen and oxygen atoms in total. The van der Waals surface area contributed by atoms with Gasteiger partial charge in [-0.2, -0.15) is 0 Å². The second-order valence-electron chi connectivity index (χ2n) is 6.26. The van der Waals surface area contributed by atoms with Crippen molar-refractivity contribution in [1.29, 1.82) is 0 Å². The van der Waals surface area contributed by atoms with Crippen molar-refractivity contribution in [3.05, 3.63) is 58.3 Å². The van der Waals surface area contributed by atoms with Crippen LogP contribution in [0.15, 0.2) is 35.0 Å².